The summed E-state index contributed by atoms with van der Waals surface area (Å²) >= 11 is 0. The number of nitrogens with zero attached hydrogens (tertiary/aromatic N) is 4. The Morgan fingerprint density at radius 2 is 2.06 bits per heavy atom. The van der Waals surface area contributed by atoms with Gasteiger partial charge in [-0.05, 0) is 38.2 Å². The first-order valence-corrected chi connectivity index (χ1v) is 6.08. The van der Waals surface area contributed by atoms with Crippen LogP contribution in [0.25, 0.3) is 0 Å². The quantitative estimate of drug-likeness (QED) is 0.798. The highest BCUT2D eigenvalue weighted by Gasteiger charge is 2.22. The maximum Gasteiger partial charge on any atom is 0.169 e. The van der Waals surface area contributed by atoms with Crippen molar-refractivity contribution in [3.8, 4) is 6.07 Å². The van der Waals surface area contributed by atoms with Gasteiger partial charge in [-0.2, -0.15) is 10.4 Å². The van der Waals surface area contributed by atoms with Crippen molar-refractivity contribution in [2.75, 3.05) is 18.5 Å². The zero-order valence-corrected chi connectivity index (χ0v) is 10.7. The van der Waals surface area contributed by atoms with Crippen LogP contribution in [0.3, 0.4) is 0 Å². The fraction of sp³-hybridized carbons (Fsp3) is 0.615. The summed E-state index contributed by atoms with van der Waals surface area (Å²) in [4.78, 5) is 2.07. The largest absolute Gasteiger partial charge is 0.357 e. The van der Waals surface area contributed by atoms with Crippen molar-refractivity contribution in [3.63, 3.8) is 0 Å². The fourth-order valence-electron chi connectivity index (χ4n) is 2.15. The second kappa shape index (κ2) is 4.70. The second-order valence-corrected chi connectivity index (χ2v) is 4.90. The van der Waals surface area contributed by atoms with Crippen LogP contribution in [-0.4, -0.2) is 23.8 Å². The molecule has 0 amide bonds. The second-order valence-electron chi connectivity index (χ2n) is 4.90. The van der Waals surface area contributed by atoms with Gasteiger partial charge in [0.2, 0.25) is 0 Å². The molecule has 1 fully saturated rings. The Hall–Kier alpha value is -1.63. The first-order valence-electron chi connectivity index (χ1n) is 6.08. The summed E-state index contributed by atoms with van der Waals surface area (Å²) in [6.45, 7) is 4.80. The number of nitriles is 1. The number of aromatic nitrogens is 2. The minimum Gasteiger partial charge on any atom is -0.357 e. The van der Waals surface area contributed by atoms with Crippen molar-refractivity contribution in [1.29, 1.82) is 5.26 Å². The predicted octanol–water partition coefficient (Wildman–Crippen LogP) is 2.20. The Bertz CT molecular complexity index is 457. The van der Waals surface area contributed by atoms with E-state index in [1.807, 2.05) is 20.9 Å². The minimum absolute atomic E-state index is 0.666. The van der Waals surface area contributed by atoms with Crippen LogP contribution in [0.4, 0.5) is 5.82 Å². The maximum atomic E-state index is 9.23. The van der Waals surface area contributed by atoms with Crippen molar-refractivity contribution in [1.82, 2.24) is 10.2 Å². The van der Waals surface area contributed by atoms with E-state index in [0.29, 0.717) is 5.56 Å². The standard InChI is InChI=1S/C13H18N4/c1-9-10(2)15-16-13(12(9)7-14)17(3)8-11-5-4-6-11/h11H,4-6,8H2,1-3H3. The normalized spacial score (nSPS) is 15.2. The lowest BCUT2D eigenvalue weighted by Crippen LogP contribution is -2.30. The van der Waals surface area contributed by atoms with Gasteiger partial charge in [-0.1, -0.05) is 6.42 Å². The number of rotatable bonds is 3. The Morgan fingerprint density at radius 3 is 2.59 bits per heavy atom. The van der Waals surface area contributed by atoms with E-state index >= 15 is 0 Å². The molecular weight excluding hydrogens is 212 g/mol. The van der Waals surface area contributed by atoms with Crippen LogP contribution in [-0.2, 0) is 0 Å². The average Bonchev–Trinajstić information content (AvgIpc) is 2.26. The molecule has 1 aromatic rings. The molecule has 0 aromatic carbocycles. The molecule has 1 aliphatic carbocycles. The van der Waals surface area contributed by atoms with Crippen molar-refractivity contribution in [3.05, 3.63) is 16.8 Å². The highest BCUT2D eigenvalue weighted by molar-refractivity contribution is 5.57. The SMILES string of the molecule is Cc1nnc(N(C)CC2CCC2)c(C#N)c1C. The third kappa shape index (κ3) is 2.23. The van der Waals surface area contributed by atoms with Gasteiger partial charge in [-0.15, -0.1) is 5.10 Å². The van der Waals surface area contributed by atoms with Gasteiger partial charge >= 0.3 is 0 Å². The van der Waals surface area contributed by atoms with E-state index in [1.54, 1.807) is 0 Å². The lowest BCUT2D eigenvalue weighted by atomic mass is 9.85. The Kier molecular flexibility index (Phi) is 3.28. The lowest BCUT2D eigenvalue weighted by Gasteiger charge is -2.31. The highest BCUT2D eigenvalue weighted by Crippen LogP contribution is 2.29. The molecule has 0 atom stereocenters. The molecule has 0 saturated heterocycles. The van der Waals surface area contributed by atoms with Crippen LogP contribution in [0.1, 0.15) is 36.1 Å². The van der Waals surface area contributed by atoms with Gasteiger partial charge in [0.1, 0.15) is 11.6 Å². The molecule has 0 spiro atoms. The zero-order valence-electron chi connectivity index (χ0n) is 10.7. The molecule has 0 aliphatic heterocycles. The molecule has 1 aromatic heterocycles. The van der Waals surface area contributed by atoms with Gasteiger partial charge in [0.25, 0.3) is 0 Å². The molecule has 1 saturated carbocycles. The fourth-order valence-corrected chi connectivity index (χ4v) is 2.15. The van der Waals surface area contributed by atoms with Crippen LogP contribution < -0.4 is 4.90 Å². The van der Waals surface area contributed by atoms with Crippen LogP contribution in [0.5, 0.6) is 0 Å². The van der Waals surface area contributed by atoms with Gasteiger partial charge in [0.15, 0.2) is 5.82 Å². The molecular formula is C13H18N4. The number of hydrogen-bond donors (Lipinski definition) is 0. The van der Waals surface area contributed by atoms with Crippen molar-refractivity contribution in [2.24, 2.45) is 5.92 Å². The highest BCUT2D eigenvalue weighted by atomic mass is 15.2. The van der Waals surface area contributed by atoms with Gasteiger partial charge < -0.3 is 4.90 Å². The summed E-state index contributed by atoms with van der Waals surface area (Å²) < 4.78 is 0. The molecule has 1 aliphatic rings. The third-order valence-electron chi connectivity index (χ3n) is 3.67. The molecule has 0 N–H and O–H groups in total. The van der Waals surface area contributed by atoms with Gasteiger partial charge in [-0.25, -0.2) is 0 Å². The number of aryl methyl sites for hydroxylation is 1. The first-order chi connectivity index (χ1) is 8.13. The molecule has 0 unspecified atom stereocenters. The van der Waals surface area contributed by atoms with E-state index in [4.69, 9.17) is 0 Å². The summed E-state index contributed by atoms with van der Waals surface area (Å²) in [6, 6.07) is 2.25. The van der Waals surface area contributed by atoms with E-state index < -0.39 is 0 Å². The molecule has 4 nitrogen and oxygen atoms in total. The van der Waals surface area contributed by atoms with E-state index in [-0.39, 0.29) is 0 Å². The average molecular weight is 230 g/mol. The van der Waals surface area contributed by atoms with Gasteiger partial charge in [0, 0.05) is 13.6 Å². The van der Waals surface area contributed by atoms with E-state index in [1.165, 1.54) is 19.3 Å². The van der Waals surface area contributed by atoms with Crippen LogP contribution in [0.2, 0.25) is 0 Å². The monoisotopic (exact) mass is 230 g/mol. The molecule has 90 valence electrons. The summed E-state index contributed by atoms with van der Waals surface area (Å²) in [6.07, 6.45) is 3.93. The first kappa shape index (κ1) is 11.8. The third-order valence-corrected chi connectivity index (χ3v) is 3.67. The number of hydrogen-bond acceptors (Lipinski definition) is 4. The minimum atomic E-state index is 0.666. The van der Waals surface area contributed by atoms with Crippen LogP contribution in [0.15, 0.2) is 0 Å². The van der Waals surface area contributed by atoms with Crippen LogP contribution in [0, 0.1) is 31.1 Å². The van der Waals surface area contributed by atoms with E-state index in [9.17, 15) is 5.26 Å². The van der Waals surface area contributed by atoms with Gasteiger partial charge in [0.05, 0.1) is 5.69 Å². The van der Waals surface area contributed by atoms with E-state index in [0.717, 1.165) is 29.5 Å². The summed E-state index contributed by atoms with van der Waals surface area (Å²) in [7, 11) is 2.00. The lowest BCUT2D eigenvalue weighted by molar-refractivity contribution is 0.321. The summed E-state index contributed by atoms with van der Waals surface area (Å²) in [5.41, 5.74) is 2.44. The van der Waals surface area contributed by atoms with Crippen molar-refractivity contribution >= 4 is 5.82 Å². The van der Waals surface area contributed by atoms with Gasteiger partial charge in [-0.3, -0.25) is 0 Å². The Balaban J connectivity index is 2.25. The number of anilines is 1. The molecule has 17 heavy (non-hydrogen) atoms. The van der Waals surface area contributed by atoms with Crippen molar-refractivity contribution < 1.29 is 0 Å². The Labute approximate surface area is 102 Å². The zero-order chi connectivity index (χ0) is 12.4. The smallest absolute Gasteiger partial charge is 0.169 e. The van der Waals surface area contributed by atoms with Crippen LogP contribution >= 0.6 is 0 Å². The Morgan fingerprint density at radius 1 is 1.35 bits per heavy atom. The van der Waals surface area contributed by atoms with E-state index in [2.05, 4.69) is 21.2 Å². The van der Waals surface area contributed by atoms with Crippen molar-refractivity contribution in [2.45, 2.75) is 33.1 Å². The summed E-state index contributed by atoms with van der Waals surface area (Å²) in [5.74, 6) is 1.48. The molecule has 0 radical (unpaired) electrons. The topological polar surface area (TPSA) is 52.8 Å². The molecule has 1 heterocycles. The maximum absolute atomic E-state index is 9.23. The molecule has 0 bridgehead atoms. The predicted molar refractivity (Wildman–Crippen MR) is 66.8 cm³/mol. The summed E-state index contributed by atoms with van der Waals surface area (Å²) in [5, 5.41) is 17.5. The molecule has 4 heteroatoms. The molecule has 2 rings (SSSR count).